The number of aromatic nitrogens is 2. The number of hydrogen-bond acceptors (Lipinski definition) is 5. The summed E-state index contributed by atoms with van der Waals surface area (Å²) in [6, 6.07) is 7.61. The summed E-state index contributed by atoms with van der Waals surface area (Å²) < 4.78 is 32.0. The molecule has 6 nitrogen and oxygen atoms in total. The molecule has 9 heteroatoms. The topological polar surface area (TPSA) is 81.2 Å². The Balaban J connectivity index is 1.85. The van der Waals surface area contributed by atoms with Crippen molar-refractivity contribution in [2.75, 3.05) is 12.4 Å². The summed E-state index contributed by atoms with van der Waals surface area (Å²) in [4.78, 5) is 31.9. The number of halogens is 3. The highest BCUT2D eigenvalue weighted by Gasteiger charge is 2.18. The van der Waals surface area contributed by atoms with Gasteiger partial charge in [-0.25, -0.2) is 18.6 Å². The predicted molar refractivity (Wildman–Crippen MR) is 98.1 cm³/mol. The lowest BCUT2D eigenvalue weighted by Gasteiger charge is -2.08. The molecule has 0 atom stereocenters. The standard InChI is InChI=1S/C19H12ClF2N3O3/c1-28-19(27)10-5-6-12(20)11(7-10)15-8-24-16(9-23-15)25-18(26)17-13(21)3-2-4-14(17)22/h2-9H,1H3,(H,24,25,26). The second-order valence-electron chi connectivity index (χ2n) is 5.52. The van der Waals surface area contributed by atoms with Crippen molar-refractivity contribution in [3.05, 3.63) is 76.6 Å². The van der Waals surface area contributed by atoms with Gasteiger partial charge in [-0.1, -0.05) is 17.7 Å². The van der Waals surface area contributed by atoms with E-state index in [9.17, 15) is 18.4 Å². The average Bonchev–Trinajstić information content (AvgIpc) is 2.68. The van der Waals surface area contributed by atoms with Crippen LogP contribution in [0.25, 0.3) is 11.3 Å². The number of amides is 1. The average molecular weight is 404 g/mol. The maximum atomic E-state index is 13.7. The molecule has 1 aromatic heterocycles. The molecule has 3 aromatic rings. The predicted octanol–water partition coefficient (Wildman–Crippen LogP) is 4.11. The number of nitrogens with one attached hydrogen (secondary N) is 1. The van der Waals surface area contributed by atoms with E-state index in [2.05, 4.69) is 20.0 Å². The SMILES string of the molecule is COC(=O)c1ccc(Cl)c(-c2cnc(NC(=O)c3c(F)cccc3F)cn2)c1. The Hall–Kier alpha value is -3.39. The third-order valence-corrected chi connectivity index (χ3v) is 4.08. The number of carbonyl (C=O) groups excluding carboxylic acids is 2. The summed E-state index contributed by atoms with van der Waals surface area (Å²) >= 11 is 6.14. The molecule has 0 unspecified atom stereocenters. The van der Waals surface area contributed by atoms with Crippen molar-refractivity contribution in [2.24, 2.45) is 0 Å². The lowest BCUT2D eigenvalue weighted by atomic mass is 10.1. The molecule has 2 aromatic carbocycles. The van der Waals surface area contributed by atoms with E-state index in [4.69, 9.17) is 11.6 Å². The first-order valence-electron chi connectivity index (χ1n) is 7.86. The Morgan fingerprint density at radius 2 is 1.79 bits per heavy atom. The highest BCUT2D eigenvalue weighted by molar-refractivity contribution is 6.33. The van der Waals surface area contributed by atoms with Crippen molar-refractivity contribution in [1.82, 2.24) is 9.97 Å². The van der Waals surface area contributed by atoms with Gasteiger partial charge in [-0.05, 0) is 30.3 Å². The number of esters is 1. The molecule has 1 heterocycles. The molecule has 0 bridgehead atoms. The van der Waals surface area contributed by atoms with Crippen LogP contribution in [0, 0.1) is 11.6 Å². The van der Waals surface area contributed by atoms with Gasteiger partial charge < -0.3 is 10.1 Å². The van der Waals surface area contributed by atoms with Crippen LogP contribution >= 0.6 is 11.6 Å². The molecule has 0 saturated carbocycles. The van der Waals surface area contributed by atoms with Gasteiger partial charge in [-0.2, -0.15) is 0 Å². The summed E-state index contributed by atoms with van der Waals surface area (Å²) in [5.74, 6) is -3.54. The lowest BCUT2D eigenvalue weighted by Crippen LogP contribution is -2.16. The van der Waals surface area contributed by atoms with Crippen LogP contribution in [0.15, 0.2) is 48.8 Å². The van der Waals surface area contributed by atoms with Gasteiger partial charge in [0.2, 0.25) is 0 Å². The Bertz CT molecular complexity index is 1040. The number of carbonyl (C=O) groups is 2. The zero-order chi connectivity index (χ0) is 20.3. The second-order valence-corrected chi connectivity index (χ2v) is 5.93. The monoisotopic (exact) mass is 403 g/mol. The number of benzene rings is 2. The smallest absolute Gasteiger partial charge is 0.337 e. The van der Waals surface area contributed by atoms with Gasteiger partial charge in [-0.15, -0.1) is 0 Å². The van der Waals surface area contributed by atoms with E-state index in [1.807, 2.05) is 0 Å². The zero-order valence-corrected chi connectivity index (χ0v) is 15.1. The minimum absolute atomic E-state index is 0.0170. The molecule has 0 saturated heterocycles. The number of anilines is 1. The summed E-state index contributed by atoms with van der Waals surface area (Å²) in [6.07, 6.45) is 2.50. The normalized spacial score (nSPS) is 10.4. The maximum absolute atomic E-state index is 13.7. The third kappa shape index (κ3) is 3.96. The fourth-order valence-electron chi connectivity index (χ4n) is 2.39. The third-order valence-electron chi connectivity index (χ3n) is 3.75. The largest absolute Gasteiger partial charge is 0.465 e. The highest BCUT2D eigenvalue weighted by Crippen LogP contribution is 2.27. The van der Waals surface area contributed by atoms with E-state index >= 15 is 0 Å². The fraction of sp³-hybridized carbons (Fsp3) is 0.0526. The summed E-state index contributed by atoms with van der Waals surface area (Å²) in [5, 5.41) is 2.60. The van der Waals surface area contributed by atoms with E-state index < -0.39 is 29.1 Å². The van der Waals surface area contributed by atoms with Gasteiger partial charge in [0, 0.05) is 5.56 Å². The van der Waals surface area contributed by atoms with Crippen molar-refractivity contribution in [2.45, 2.75) is 0 Å². The Morgan fingerprint density at radius 3 is 2.39 bits per heavy atom. The van der Waals surface area contributed by atoms with E-state index in [0.29, 0.717) is 16.3 Å². The van der Waals surface area contributed by atoms with Crippen LogP contribution in [-0.2, 0) is 4.74 Å². The first-order valence-corrected chi connectivity index (χ1v) is 8.24. The van der Waals surface area contributed by atoms with Crippen LogP contribution in [0.3, 0.4) is 0 Å². The molecule has 0 aliphatic rings. The van der Waals surface area contributed by atoms with Gasteiger partial charge in [0.1, 0.15) is 17.2 Å². The first kappa shape index (κ1) is 19.4. The number of methoxy groups -OCH3 is 1. The molecular formula is C19H12ClF2N3O3. The van der Waals surface area contributed by atoms with Crippen molar-refractivity contribution in [3.63, 3.8) is 0 Å². The lowest BCUT2D eigenvalue weighted by molar-refractivity contribution is 0.0600. The molecular weight excluding hydrogens is 392 g/mol. The quantitative estimate of drug-likeness (QED) is 0.663. The van der Waals surface area contributed by atoms with Crippen LogP contribution < -0.4 is 5.32 Å². The van der Waals surface area contributed by atoms with Gasteiger partial charge in [-0.3, -0.25) is 9.78 Å². The Labute approximate surface area is 163 Å². The number of ether oxygens (including phenoxy) is 1. The first-order chi connectivity index (χ1) is 13.4. The molecule has 0 aliphatic heterocycles. The minimum Gasteiger partial charge on any atom is -0.465 e. The van der Waals surface area contributed by atoms with E-state index in [1.165, 1.54) is 37.7 Å². The van der Waals surface area contributed by atoms with Gasteiger partial charge in [0.15, 0.2) is 5.82 Å². The van der Waals surface area contributed by atoms with Crippen LogP contribution in [-0.4, -0.2) is 29.0 Å². The van der Waals surface area contributed by atoms with Gasteiger partial charge in [0.25, 0.3) is 5.91 Å². The molecule has 0 radical (unpaired) electrons. The number of rotatable bonds is 4. The molecule has 1 amide bonds. The van der Waals surface area contributed by atoms with Crippen molar-refractivity contribution >= 4 is 29.3 Å². The number of nitrogens with zero attached hydrogens (tertiary/aromatic N) is 2. The van der Waals surface area contributed by atoms with E-state index in [-0.39, 0.29) is 11.4 Å². The molecule has 28 heavy (non-hydrogen) atoms. The molecule has 1 N–H and O–H groups in total. The summed E-state index contributed by atoms with van der Waals surface area (Å²) in [6.45, 7) is 0. The molecule has 0 fully saturated rings. The summed E-state index contributed by atoms with van der Waals surface area (Å²) in [7, 11) is 1.26. The second kappa shape index (κ2) is 8.10. The fourth-order valence-corrected chi connectivity index (χ4v) is 2.61. The minimum atomic E-state index is -0.997. The van der Waals surface area contributed by atoms with Crippen molar-refractivity contribution < 1.29 is 23.1 Å². The van der Waals surface area contributed by atoms with Crippen LogP contribution in [0.4, 0.5) is 14.6 Å². The zero-order valence-electron chi connectivity index (χ0n) is 14.4. The van der Waals surface area contributed by atoms with Crippen molar-refractivity contribution in [1.29, 1.82) is 0 Å². The summed E-state index contributed by atoms with van der Waals surface area (Å²) in [5.41, 5.74) is 0.305. The van der Waals surface area contributed by atoms with E-state index in [0.717, 1.165) is 18.2 Å². The Kier molecular flexibility index (Phi) is 5.60. The molecule has 0 spiro atoms. The molecule has 0 aliphatic carbocycles. The van der Waals surface area contributed by atoms with Gasteiger partial charge >= 0.3 is 5.97 Å². The van der Waals surface area contributed by atoms with Crippen LogP contribution in [0.2, 0.25) is 5.02 Å². The number of hydrogen-bond donors (Lipinski definition) is 1. The molecule has 142 valence electrons. The maximum Gasteiger partial charge on any atom is 0.337 e. The van der Waals surface area contributed by atoms with E-state index in [1.54, 1.807) is 0 Å². The Morgan fingerprint density at radius 1 is 1.07 bits per heavy atom. The van der Waals surface area contributed by atoms with Gasteiger partial charge in [0.05, 0.1) is 35.8 Å². The highest BCUT2D eigenvalue weighted by atomic mass is 35.5. The van der Waals surface area contributed by atoms with Crippen LogP contribution in [0.5, 0.6) is 0 Å². The van der Waals surface area contributed by atoms with Crippen molar-refractivity contribution in [3.8, 4) is 11.3 Å². The molecule has 3 rings (SSSR count). The van der Waals surface area contributed by atoms with Crippen LogP contribution in [0.1, 0.15) is 20.7 Å².